The molecule has 1 aromatic carbocycles. The normalized spacial score (nSPS) is 17.8. The number of fused-ring (bicyclic) bond motifs is 2. The molecule has 3 heterocycles. The highest BCUT2D eigenvalue weighted by atomic mass is 32.2. The zero-order chi connectivity index (χ0) is 14.4. The molecular formula is C17H18N2OS. The highest BCUT2D eigenvalue weighted by Crippen LogP contribution is 2.45. The van der Waals surface area contributed by atoms with Crippen LogP contribution in [0, 0.1) is 6.92 Å². The zero-order valence-electron chi connectivity index (χ0n) is 12.3. The van der Waals surface area contributed by atoms with Gasteiger partial charge in [-0.05, 0) is 37.1 Å². The lowest BCUT2D eigenvalue weighted by molar-refractivity contribution is 0.607. The molecular weight excluding hydrogens is 280 g/mol. The number of aliphatic imine (C=N–C) groups is 1. The number of amidine groups is 1. The van der Waals surface area contributed by atoms with Crippen molar-refractivity contribution in [2.75, 3.05) is 13.1 Å². The van der Waals surface area contributed by atoms with Gasteiger partial charge in [0.2, 0.25) is 0 Å². The Morgan fingerprint density at radius 1 is 1.38 bits per heavy atom. The monoisotopic (exact) mass is 298 g/mol. The molecule has 0 saturated carbocycles. The van der Waals surface area contributed by atoms with Crippen LogP contribution in [0.1, 0.15) is 30.9 Å². The summed E-state index contributed by atoms with van der Waals surface area (Å²) in [5.41, 5.74) is 4.81. The van der Waals surface area contributed by atoms with Gasteiger partial charge < -0.3 is 9.32 Å². The fraction of sp³-hybridized carbons (Fsp3) is 0.353. The molecule has 0 bridgehead atoms. The second-order valence-corrected chi connectivity index (χ2v) is 6.65. The molecule has 2 aliphatic rings. The first-order chi connectivity index (χ1) is 10.3. The number of rotatable bonds is 3. The summed E-state index contributed by atoms with van der Waals surface area (Å²) in [5, 5.41) is 2.34. The number of furan rings is 1. The van der Waals surface area contributed by atoms with E-state index in [1.165, 1.54) is 27.1 Å². The van der Waals surface area contributed by atoms with Crippen LogP contribution in [0.15, 0.2) is 38.8 Å². The van der Waals surface area contributed by atoms with Crippen LogP contribution >= 0.6 is 11.8 Å². The molecule has 21 heavy (non-hydrogen) atoms. The fourth-order valence-electron chi connectivity index (χ4n) is 3.13. The fourth-order valence-corrected chi connectivity index (χ4v) is 4.42. The van der Waals surface area contributed by atoms with Crippen LogP contribution in [0.3, 0.4) is 0 Å². The van der Waals surface area contributed by atoms with Crippen LogP contribution in [-0.2, 0) is 0 Å². The second-order valence-electron chi connectivity index (χ2n) is 5.59. The topological polar surface area (TPSA) is 28.7 Å². The number of aryl methyl sites for hydroxylation is 1. The average molecular weight is 298 g/mol. The molecule has 4 rings (SSSR count). The third-order valence-electron chi connectivity index (χ3n) is 3.98. The van der Waals surface area contributed by atoms with Crippen molar-refractivity contribution in [3.8, 4) is 0 Å². The Morgan fingerprint density at radius 2 is 2.29 bits per heavy atom. The van der Waals surface area contributed by atoms with Gasteiger partial charge in [0.1, 0.15) is 5.58 Å². The Bertz CT molecular complexity index is 772. The summed E-state index contributed by atoms with van der Waals surface area (Å²) in [4.78, 5) is 8.43. The van der Waals surface area contributed by atoms with Gasteiger partial charge in [0.25, 0.3) is 0 Å². The maximum Gasteiger partial charge on any atom is 0.168 e. The van der Waals surface area contributed by atoms with E-state index in [0.29, 0.717) is 0 Å². The summed E-state index contributed by atoms with van der Waals surface area (Å²) < 4.78 is 5.78. The highest BCUT2D eigenvalue weighted by molar-refractivity contribution is 8.17. The van der Waals surface area contributed by atoms with Crippen LogP contribution in [0.4, 0.5) is 0 Å². The van der Waals surface area contributed by atoms with Gasteiger partial charge in [-0.3, -0.25) is 4.99 Å². The third kappa shape index (κ3) is 2.01. The molecule has 0 amide bonds. The van der Waals surface area contributed by atoms with Crippen molar-refractivity contribution in [3.05, 3.63) is 40.5 Å². The Balaban J connectivity index is 1.94. The van der Waals surface area contributed by atoms with Crippen LogP contribution in [0.2, 0.25) is 0 Å². The molecule has 0 atom stereocenters. The summed E-state index contributed by atoms with van der Waals surface area (Å²) in [6.45, 7) is 6.27. The maximum absolute atomic E-state index is 5.78. The average Bonchev–Trinajstić information content (AvgIpc) is 3.12. The first-order valence-corrected chi connectivity index (χ1v) is 8.31. The van der Waals surface area contributed by atoms with Crippen LogP contribution < -0.4 is 0 Å². The Kier molecular flexibility index (Phi) is 3.07. The SMILES string of the molecule is CCCC1=C(c2cc(C)cc3ccoc23)N2CCN=C2S1. The molecule has 0 aliphatic carbocycles. The van der Waals surface area contributed by atoms with Crippen molar-refractivity contribution in [3.63, 3.8) is 0 Å². The molecule has 2 aliphatic heterocycles. The van der Waals surface area contributed by atoms with Gasteiger partial charge in [0.15, 0.2) is 5.17 Å². The molecule has 0 saturated heterocycles. The van der Waals surface area contributed by atoms with E-state index in [9.17, 15) is 0 Å². The number of benzene rings is 1. The Labute approximate surface area is 128 Å². The summed E-state index contributed by atoms with van der Waals surface area (Å²) in [6.07, 6.45) is 4.04. The lowest BCUT2D eigenvalue weighted by Crippen LogP contribution is -2.20. The molecule has 0 fully saturated rings. The minimum absolute atomic E-state index is 0.901. The summed E-state index contributed by atoms with van der Waals surface area (Å²) in [5.74, 6) is 0. The van der Waals surface area contributed by atoms with Crippen molar-refractivity contribution < 1.29 is 4.42 Å². The third-order valence-corrected chi connectivity index (χ3v) is 5.15. The van der Waals surface area contributed by atoms with E-state index < -0.39 is 0 Å². The maximum atomic E-state index is 5.78. The molecule has 0 unspecified atom stereocenters. The Morgan fingerprint density at radius 3 is 3.14 bits per heavy atom. The smallest absolute Gasteiger partial charge is 0.168 e. The number of nitrogens with zero attached hydrogens (tertiary/aromatic N) is 2. The van der Waals surface area contributed by atoms with E-state index in [0.717, 1.165) is 36.7 Å². The predicted molar refractivity (Wildman–Crippen MR) is 89.4 cm³/mol. The van der Waals surface area contributed by atoms with Crippen molar-refractivity contribution in [1.29, 1.82) is 0 Å². The van der Waals surface area contributed by atoms with Gasteiger partial charge in [-0.25, -0.2) is 0 Å². The van der Waals surface area contributed by atoms with Crippen molar-refractivity contribution in [1.82, 2.24) is 4.90 Å². The molecule has 0 N–H and O–H groups in total. The van der Waals surface area contributed by atoms with Gasteiger partial charge in [-0.15, -0.1) is 0 Å². The van der Waals surface area contributed by atoms with E-state index in [-0.39, 0.29) is 0 Å². The Hall–Kier alpha value is -1.68. The van der Waals surface area contributed by atoms with E-state index in [4.69, 9.17) is 4.42 Å². The highest BCUT2D eigenvalue weighted by Gasteiger charge is 2.33. The van der Waals surface area contributed by atoms with E-state index in [2.05, 4.69) is 35.9 Å². The van der Waals surface area contributed by atoms with Gasteiger partial charge >= 0.3 is 0 Å². The number of hydrogen-bond donors (Lipinski definition) is 0. The number of thioether (sulfide) groups is 1. The molecule has 1 aromatic heterocycles. The quantitative estimate of drug-likeness (QED) is 0.827. The largest absolute Gasteiger partial charge is 0.464 e. The van der Waals surface area contributed by atoms with Crippen LogP contribution in [0.25, 0.3) is 16.7 Å². The van der Waals surface area contributed by atoms with E-state index in [1.807, 2.05) is 17.8 Å². The summed E-state index contributed by atoms with van der Waals surface area (Å²) in [6, 6.07) is 6.48. The lowest BCUT2D eigenvalue weighted by atomic mass is 10.0. The first kappa shape index (κ1) is 13.0. The van der Waals surface area contributed by atoms with Crippen LogP contribution in [0.5, 0.6) is 0 Å². The molecule has 0 spiro atoms. The molecule has 108 valence electrons. The minimum atomic E-state index is 0.901. The zero-order valence-corrected chi connectivity index (χ0v) is 13.2. The molecule has 2 aromatic rings. The molecule has 3 nitrogen and oxygen atoms in total. The molecule has 0 radical (unpaired) electrons. The number of allylic oxidation sites excluding steroid dienone is 1. The van der Waals surface area contributed by atoms with Gasteiger partial charge in [0.05, 0.1) is 18.5 Å². The summed E-state index contributed by atoms with van der Waals surface area (Å²) in [7, 11) is 0. The van der Waals surface area contributed by atoms with E-state index >= 15 is 0 Å². The van der Waals surface area contributed by atoms with Gasteiger partial charge in [-0.2, -0.15) is 0 Å². The minimum Gasteiger partial charge on any atom is -0.464 e. The second kappa shape index (κ2) is 4.95. The van der Waals surface area contributed by atoms with Gasteiger partial charge in [-0.1, -0.05) is 25.1 Å². The van der Waals surface area contributed by atoms with E-state index in [1.54, 1.807) is 6.26 Å². The molecule has 4 heteroatoms. The predicted octanol–water partition coefficient (Wildman–Crippen LogP) is 4.63. The van der Waals surface area contributed by atoms with Crippen molar-refractivity contribution in [2.45, 2.75) is 26.7 Å². The number of hydrogen-bond acceptors (Lipinski definition) is 4. The van der Waals surface area contributed by atoms with Crippen LogP contribution in [-0.4, -0.2) is 23.2 Å². The van der Waals surface area contributed by atoms with Crippen molar-refractivity contribution in [2.24, 2.45) is 4.99 Å². The standard InChI is InChI=1S/C17H18N2OS/c1-3-4-14-15(19-7-6-18-17(19)21-14)13-10-11(2)9-12-5-8-20-16(12)13/h5,8-10H,3-4,6-7H2,1-2H3. The summed E-state index contributed by atoms with van der Waals surface area (Å²) >= 11 is 1.84. The lowest BCUT2D eigenvalue weighted by Gasteiger charge is -2.18. The van der Waals surface area contributed by atoms with Crippen molar-refractivity contribution >= 4 is 33.6 Å². The first-order valence-electron chi connectivity index (χ1n) is 7.49. The van der Waals surface area contributed by atoms with Gasteiger partial charge in [0, 0.05) is 22.4 Å².